The Morgan fingerprint density at radius 3 is 2.65 bits per heavy atom. The molecule has 134 valence electrons. The maximum absolute atomic E-state index is 8.98. The van der Waals surface area contributed by atoms with Crippen molar-refractivity contribution in [2.24, 2.45) is 0 Å². The Balaban J connectivity index is 1.93. The first-order valence-corrected chi connectivity index (χ1v) is 9.58. The molecule has 0 amide bonds. The van der Waals surface area contributed by atoms with Crippen molar-refractivity contribution < 1.29 is 5.11 Å². The SMILES string of the molecule is CSc1ccccc1Nc1cc(-c2ccccn2)nc(NCCCO)n1. The van der Waals surface area contributed by atoms with Gasteiger partial charge in [0.05, 0.1) is 17.1 Å². The standard InChI is InChI=1S/C19H21N5OS/c1-26-17-9-3-2-8-15(17)22-18-13-16(14-7-4-5-10-20-14)23-19(24-18)21-11-6-12-25/h2-5,7-10,13,25H,6,11-12H2,1H3,(H2,21,22,23,24). The fraction of sp³-hybridized carbons (Fsp3) is 0.211. The first-order chi connectivity index (χ1) is 12.8. The Bertz CT molecular complexity index is 844. The van der Waals surface area contributed by atoms with Crippen LogP contribution in [0.1, 0.15) is 6.42 Å². The lowest BCUT2D eigenvalue weighted by Gasteiger charge is -2.13. The molecule has 1 aromatic carbocycles. The molecule has 0 fully saturated rings. The molecule has 0 aliphatic heterocycles. The van der Waals surface area contributed by atoms with E-state index in [1.54, 1.807) is 18.0 Å². The number of para-hydroxylation sites is 1. The van der Waals surface area contributed by atoms with Crippen molar-refractivity contribution in [1.82, 2.24) is 15.0 Å². The molecular weight excluding hydrogens is 346 g/mol. The van der Waals surface area contributed by atoms with Crippen LogP contribution in [0.4, 0.5) is 17.5 Å². The molecule has 0 radical (unpaired) electrons. The molecule has 2 aromatic heterocycles. The van der Waals surface area contributed by atoms with Crippen molar-refractivity contribution in [3.63, 3.8) is 0 Å². The molecule has 0 atom stereocenters. The molecule has 3 aromatic rings. The second kappa shape index (κ2) is 9.17. The quantitative estimate of drug-likeness (QED) is 0.412. The van der Waals surface area contributed by atoms with E-state index in [0.717, 1.165) is 22.0 Å². The number of thioether (sulfide) groups is 1. The molecule has 26 heavy (non-hydrogen) atoms. The van der Waals surface area contributed by atoms with Crippen LogP contribution in [0.15, 0.2) is 59.6 Å². The number of nitrogens with one attached hydrogen (secondary N) is 2. The number of rotatable bonds is 8. The normalized spacial score (nSPS) is 10.5. The van der Waals surface area contributed by atoms with Gasteiger partial charge in [-0.15, -0.1) is 11.8 Å². The molecule has 0 unspecified atom stereocenters. The van der Waals surface area contributed by atoms with E-state index in [1.807, 2.05) is 48.7 Å². The zero-order chi connectivity index (χ0) is 18.2. The summed E-state index contributed by atoms with van der Waals surface area (Å²) in [6.07, 6.45) is 4.42. The van der Waals surface area contributed by atoms with Gasteiger partial charge in [-0.2, -0.15) is 4.98 Å². The molecule has 0 aliphatic carbocycles. The van der Waals surface area contributed by atoms with Crippen LogP contribution < -0.4 is 10.6 Å². The molecule has 0 spiro atoms. The predicted molar refractivity (Wildman–Crippen MR) is 107 cm³/mol. The zero-order valence-electron chi connectivity index (χ0n) is 14.5. The summed E-state index contributed by atoms with van der Waals surface area (Å²) in [6, 6.07) is 15.7. The summed E-state index contributed by atoms with van der Waals surface area (Å²) >= 11 is 1.67. The third-order valence-electron chi connectivity index (χ3n) is 3.64. The highest BCUT2D eigenvalue weighted by molar-refractivity contribution is 7.98. The summed E-state index contributed by atoms with van der Waals surface area (Å²) < 4.78 is 0. The molecule has 3 rings (SSSR count). The van der Waals surface area contributed by atoms with E-state index in [0.29, 0.717) is 24.7 Å². The highest BCUT2D eigenvalue weighted by Crippen LogP contribution is 2.28. The lowest BCUT2D eigenvalue weighted by atomic mass is 10.2. The highest BCUT2D eigenvalue weighted by Gasteiger charge is 2.09. The lowest BCUT2D eigenvalue weighted by molar-refractivity contribution is 0.292. The van der Waals surface area contributed by atoms with Crippen LogP contribution >= 0.6 is 11.8 Å². The zero-order valence-corrected chi connectivity index (χ0v) is 15.3. The predicted octanol–water partition coefficient (Wildman–Crippen LogP) is 3.80. The molecule has 0 bridgehead atoms. The number of pyridine rings is 1. The second-order valence-corrected chi connectivity index (χ2v) is 6.35. The Morgan fingerprint density at radius 1 is 1.04 bits per heavy atom. The van der Waals surface area contributed by atoms with Crippen LogP contribution in [0.25, 0.3) is 11.4 Å². The summed E-state index contributed by atoms with van der Waals surface area (Å²) in [4.78, 5) is 14.6. The van der Waals surface area contributed by atoms with E-state index in [-0.39, 0.29) is 6.61 Å². The minimum atomic E-state index is 0.124. The number of nitrogens with zero attached hydrogens (tertiary/aromatic N) is 3. The van der Waals surface area contributed by atoms with E-state index in [2.05, 4.69) is 31.7 Å². The summed E-state index contributed by atoms with van der Waals surface area (Å²) in [5.41, 5.74) is 2.50. The Labute approximate surface area is 157 Å². The van der Waals surface area contributed by atoms with Crippen LogP contribution in [-0.4, -0.2) is 39.5 Å². The fourth-order valence-corrected chi connectivity index (χ4v) is 2.95. The van der Waals surface area contributed by atoms with Crippen molar-refractivity contribution in [3.8, 4) is 11.4 Å². The van der Waals surface area contributed by atoms with Crippen LogP contribution in [0, 0.1) is 0 Å². The monoisotopic (exact) mass is 367 g/mol. The Morgan fingerprint density at radius 2 is 1.88 bits per heavy atom. The fourth-order valence-electron chi connectivity index (χ4n) is 2.40. The number of benzene rings is 1. The maximum atomic E-state index is 8.98. The number of hydrogen-bond acceptors (Lipinski definition) is 7. The van der Waals surface area contributed by atoms with E-state index >= 15 is 0 Å². The number of anilines is 3. The summed E-state index contributed by atoms with van der Waals surface area (Å²) in [5, 5.41) is 15.5. The van der Waals surface area contributed by atoms with E-state index in [1.165, 1.54) is 0 Å². The minimum absolute atomic E-state index is 0.124. The van der Waals surface area contributed by atoms with E-state index in [9.17, 15) is 0 Å². The van der Waals surface area contributed by atoms with Crippen LogP contribution in [0.5, 0.6) is 0 Å². The number of hydrogen-bond donors (Lipinski definition) is 3. The van der Waals surface area contributed by atoms with Gasteiger partial charge >= 0.3 is 0 Å². The highest BCUT2D eigenvalue weighted by atomic mass is 32.2. The van der Waals surface area contributed by atoms with Crippen molar-refractivity contribution in [1.29, 1.82) is 0 Å². The third kappa shape index (κ3) is 4.71. The van der Waals surface area contributed by atoms with Gasteiger partial charge in [-0.3, -0.25) is 4.98 Å². The third-order valence-corrected chi connectivity index (χ3v) is 4.44. The average Bonchev–Trinajstić information content (AvgIpc) is 2.69. The summed E-state index contributed by atoms with van der Waals surface area (Å²) in [7, 11) is 0. The van der Waals surface area contributed by atoms with Crippen molar-refractivity contribution in [2.45, 2.75) is 11.3 Å². The summed E-state index contributed by atoms with van der Waals surface area (Å²) in [5.74, 6) is 1.19. The molecule has 0 saturated heterocycles. The van der Waals surface area contributed by atoms with Crippen molar-refractivity contribution >= 4 is 29.2 Å². The van der Waals surface area contributed by atoms with Crippen LogP contribution in [0.2, 0.25) is 0 Å². The topological polar surface area (TPSA) is 83.0 Å². The van der Waals surface area contributed by atoms with Gasteiger partial charge in [-0.1, -0.05) is 18.2 Å². The first-order valence-electron chi connectivity index (χ1n) is 8.35. The molecule has 2 heterocycles. The largest absolute Gasteiger partial charge is 0.396 e. The maximum Gasteiger partial charge on any atom is 0.225 e. The minimum Gasteiger partial charge on any atom is -0.396 e. The van der Waals surface area contributed by atoms with Gasteiger partial charge in [0.15, 0.2) is 0 Å². The lowest BCUT2D eigenvalue weighted by Crippen LogP contribution is -2.09. The second-order valence-electron chi connectivity index (χ2n) is 5.51. The van der Waals surface area contributed by atoms with Gasteiger partial charge in [-0.25, -0.2) is 4.98 Å². The first kappa shape index (κ1) is 18.2. The summed E-state index contributed by atoms with van der Waals surface area (Å²) in [6.45, 7) is 0.724. The van der Waals surface area contributed by atoms with Crippen LogP contribution in [-0.2, 0) is 0 Å². The van der Waals surface area contributed by atoms with Gasteiger partial charge < -0.3 is 15.7 Å². The number of aliphatic hydroxyl groups is 1. The molecule has 6 nitrogen and oxygen atoms in total. The van der Waals surface area contributed by atoms with Gasteiger partial charge in [-0.05, 0) is 36.9 Å². The van der Waals surface area contributed by atoms with Gasteiger partial charge in [0.2, 0.25) is 5.95 Å². The molecule has 3 N–H and O–H groups in total. The molecule has 7 heteroatoms. The molecule has 0 aliphatic rings. The van der Waals surface area contributed by atoms with Gasteiger partial charge in [0.25, 0.3) is 0 Å². The number of aliphatic hydroxyl groups excluding tert-OH is 1. The van der Waals surface area contributed by atoms with E-state index in [4.69, 9.17) is 5.11 Å². The van der Waals surface area contributed by atoms with Crippen molar-refractivity contribution in [2.75, 3.05) is 30.0 Å². The molecular formula is C19H21N5OS. The Hall–Kier alpha value is -2.64. The van der Waals surface area contributed by atoms with Gasteiger partial charge in [0.1, 0.15) is 5.82 Å². The van der Waals surface area contributed by atoms with E-state index < -0.39 is 0 Å². The number of aromatic nitrogens is 3. The molecule has 0 saturated carbocycles. The van der Waals surface area contributed by atoms with Crippen LogP contribution in [0.3, 0.4) is 0 Å². The van der Waals surface area contributed by atoms with Crippen molar-refractivity contribution in [3.05, 3.63) is 54.7 Å². The average molecular weight is 367 g/mol. The smallest absolute Gasteiger partial charge is 0.225 e. The Kier molecular flexibility index (Phi) is 6.40. The van der Waals surface area contributed by atoms with Gasteiger partial charge in [0, 0.05) is 30.3 Å².